The predicted octanol–water partition coefficient (Wildman–Crippen LogP) is 2.73. The molecular weight excluding hydrogens is 244 g/mol. The number of aryl methyl sites for hydroxylation is 1. The molecule has 0 aliphatic heterocycles. The number of nitrogens with zero attached hydrogens (tertiary/aromatic N) is 2. The summed E-state index contributed by atoms with van der Waals surface area (Å²) in [5, 5.41) is 8.72. The van der Waals surface area contributed by atoms with Gasteiger partial charge in [0.2, 0.25) is 5.89 Å². The highest BCUT2D eigenvalue weighted by atomic mass is 16.5. The lowest BCUT2D eigenvalue weighted by molar-refractivity contribution is 0.394. The van der Waals surface area contributed by atoms with E-state index in [1.54, 1.807) is 27.2 Å². The molecule has 0 saturated carbocycles. The van der Waals surface area contributed by atoms with Crippen molar-refractivity contribution >= 4 is 0 Å². The fourth-order valence-electron chi connectivity index (χ4n) is 1.72. The standard InChI is InChI=1S/C14H14N2O3/c1-9-13(4-5-15)16-14(19-9)10-6-11(17-2)8-12(7-10)18-3/h6-8H,4H2,1-3H3. The van der Waals surface area contributed by atoms with Crippen LogP contribution in [0.2, 0.25) is 0 Å². The van der Waals surface area contributed by atoms with Crippen LogP contribution >= 0.6 is 0 Å². The Labute approximate surface area is 111 Å². The second-order valence-corrected chi connectivity index (χ2v) is 3.96. The number of nitriles is 1. The molecule has 0 amide bonds. The number of benzene rings is 1. The highest BCUT2D eigenvalue weighted by molar-refractivity contribution is 5.60. The van der Waals surface area contributed by atoms with E-state index in [2.05, 4.69) is 11.1 Å². The highest BCUT2D eigenvalue weighted by Crippen LogP contribution is 2.30. The molecule has 5 heteroatoms. The Morgan fingerprint density at radius 2 is 1.84 bits per heavy atom. The second-order valence-electron chi connectivity index (χ2n) is 3.96. The number of aromatic nitrogens is 1. The van der Waals surface area contributed by atoms with Crippen LogP contribution in [-0.4, -0.2) is 19.2 Å². The average molecular weight is 258 g/mol. The summed E-state index contributed by atoms with van der Waals surface area (Å²) in [6.45, 7) is 1.79. The molecule has 0 bridgehead atoms. The smallest absolute Gasteiger partial charge is 0.226 e. The van der Waals surface area contributed by atoms with Crippen molar-refractivity contribution in [1.82, 2.24) is 4.98 Å². The van der Waals surface area contributed by atoms with Crippen molar-refractivity contribution in [2.24, 2.45) is 0 Å². The van der Waals surface area contributed by atoms with Gasteiger partial charge in [0, 0.05) is 11.6 Å². The van der Waals surface area contributed by atoms with Gasteiger partial charge < -0.3 is 13.9 Å². The topological polar surface area (TPSA) is 68.3 Å². The number of rotatable bonds is 4. The molecule has 0 aliphatic carbocycles. The van der Waals surface area contributed by atoms with Crippen molar-refractivity contribution in [2.75, 3.05) is 14.2 Å². The molecule has 2 rings (SSSR count). The molecule has 0 saturated heterocycles. The van der Waals surface area contributed by atoms with Crippen molar-refractivity contribution in [3.05, 3.63) is 29.7 Å². The summed E-state index contributed by atoms with van der Waals surface area (Å²) >= 11 is 0. The fraction of sp³-hybridized carbons (Fsp3) is 0.286. The Hall–Kier alpha value is -2.48. The van der Waals surface area contributed by atoms with Crippen molar-refractivity contribution in [3.63, 3.8) is 0 Å². The van der Waals surface area contributed by atoms with Crippen molar-refractivity contribution in [3.8, 4) is 29.0 Å². The summed E-state index contributed by atoms with van der Waals surface area (Å²) in [4.78, 5) is 4.32. The third kappa shape index (κ3) is 2.68. The van der Waals surface area contributed by atoms with Crippen LogP contribution in [0.25, 0.3) is 11.5 Å². The van der Waals surface area contributed by atoms with E-state index in [0.717, 1.165) is 5.56 Å². The van der Waals surface area contributed by atoms with Crippen LogP contribution in [0.5, 0.6) is 11.5 Å². The van der Waals surface area contributed by atoms with Crippen LogP contribution in [-0.2, 0) is 6.42 Å². The molecule has 1 heterocycles. The minimum Gasteiger partial charge on any atom is -0.497 e. The van der Waals surface area contributed by atoms with E-state index >= 15 is 0 Å². The molecule has 0 fully saturated rings. The summed E-state index contributed by atoms with van der Waals surface area (Å²) in [6, 6.07) is 7.46. The zero-order chi connectivity index (χ0) is 13.8. The van der Waals surface area contributed by atoms with Crippen LogP contribution in [0.3, 0.4) is 0 Å². The summed E-state index contributed by atoms with van der Waals surface area (Å²) in [5.74, 6) is 2.43. The van der Waals surface area contributed by atoms with Gasteiger partial charge in [-0.05, 0) is 19.1 Å². The molecule has 19 heavy (non-hydrogen) atoms. The Kier molecular flexibility index (Phi) is 3.71. The van der Waals surface area contributed by atoms with Crippen LogP contribution in [0, 0.1) is 18.3 Å². The van der Waals surface area contributed by atoms with Crippen LogP contribution in [0.15, 0.2) is 22.6 Å². The molecule has 0 radical (unpaired) electrons. The fourth-order valence-corrected chi connectivity index (χ4v) is 1.72. The van der Waals surface area contributed by atoms with E-state index in [0.29, 0.717) is 28.8 Å². The van der Waals surface area contributed by atoms with Gasteiger partial charge in [0.1, 0.15) is 17.3 Å². The third-order valence-electron chi connectivity index (χ3n) is 2.74. The zero-order valence-corrected chi connectivity index (χ0v) is 11.1. The minimum atomic E-state index is 0.233. The first-order valence-electron chi connectivity index (χ1n) is 5.74. The number of hydrogen-bond acceptors (Lipinski definition) is 5. The van der Waals surface area contributed by atoms with E-state index in [1.807, 2.05) is 12.1 Å². The van der Waals surface area contributed by atoms with Crippen molar-refractivity contribution in [1.29, 1.82) is 5.26 Å². The first-order valence-corrected chi connectivity index (χ1v) is 5.74. The predicted molar refractivity (Wildman–Crippen MR) is 69.1 cm³/mol. The Balaban J connectivity index is 2.46. The van der Waals surface area contributed by atoms with Crippen molar-refractivity contribution in [2.45, 2.75) is 13.3 Å². The molecule has 98 valence electrons. The lowest BCUT2D eigenvalue weighted by Crippen LogP contribution is -1.89. The summed E-state index contributed by atoms with van der Waals surface area (Å²) in [5.41, 5.74) is 1.41. The summed E-state index contributed by atoms with van der Waals surface area (Å²) in [7, 11) is 3.17. The van der Waals surface area contributed by atoms with Gasteiger partial charge in [-0.3, -0.25) is 0 Å². The minimum absolute atomic E-state index is 0.233. The van der Waals surface area contributed by atoms with E-state index in [9.17, 15) is 0 Å². The maximum atomic E-state index is 8.72. The highest BCUT2D eigenvalue weighted by Gasteiger charge is 2.13. The van der Waals surface area contributed by atoms with E-state index in [1.165, 1.54) is 0 Å². The largest absolute Gasteiger partial charge is 0.497 e. The molecule has 0 atom stereocenters. The first kappa shape index (κ1) is 13.0. The van der Waals surface area contributed by atoms with Gasteiger partial charge in [-0.15, -0.1) is 0 Å². The van der Waals surface area contributed by atoms with Gasteiger partial charge in [0.15, 0.2) is 0 Å². The molecule has 5 nitrogen and oxygen atoms in total. The van der Waals surface area contributed by atoms with Gasteiger partial charge in [0.05, 0.1) is 32.4 Å². The van der Waals surface area contributed by atoms with Crippen LogP contribution in [0.1, 0.15) is 11.5 Å². The first-order chi connectivity index (χ1) is 9.17. The van der Waals surface area contributed by atoms with Crippen LogP contribution < -0.4 is 9.47 Å². The van der Waals surface area contributed by atoms with E-state index in [-0.39, 0.29) is 6.42 Å². The monoisotopic (exact) mass is 258 g/mol. The zero-order valence-electron chi connectivity index (χ0n) is 11.1. The Morgan fingerprint density at radius 1 is 1.21 bits per heavy atom. The second kappa shape index (κ2) is 5.44. The summed E-state index contributed by atoms with van der Waals surface area (Å²) < 4.78 is 16.0. The van der Waals surface area contributed by atoms with Gasteiger partial charge in [-0.25, -0.2) is 4.98 Å². The van der Waals surface area contributed by atoms with Crippen molar-refractivity contribution < 1.29 is 13.9 Å². The molecule has 1 aromatic carbocycles. The Bertz CT molecular complexity index is 604. The number of methoxy groups -OCH3 is 2. The number of hydrogen-bond donors (Lipinski definition) is 0. The number of oxazole rings is 1. The average Bonchev–Trinajstić information content (AvgIpc) is 2.80. The van der Waals surface area contributed by atoms with Crippen LogP contribution in [0.4, 0.5) is 0 Å². The van der Waals surface area contributed by atoms with E-state index < -0.39 is 0 Å². The molecule has 0 N–H and O–H groups in total. The molecule has 2 aromatic rings. The molecule has 1 aromatic heterocycles. The quantitative estimate of drug-likeness (QED) is 0.843. The SMILES string of the molecule is COc1cc(OC)cc(-c2nc(CC#N)c(C)o2)c1. The lowest BCUT2D eigenvalue weighted by atomic mass is 10.2. The van der Waals surface area contributed by atoms with E-state index in [4.69, 9.17) is 19.2 Å². The molecule has 0 spiro atoms. The Morgan fingerprint density at radius 3 is 2.37 bits per heavy atom. The normalized spacial score (nSPS) is 10.0. The number of ether oxygens (including phenoxy) is 2. The summed E-state index contributed by atoms with van der Waals surface area (Å²) in [6.07, 6.45) is 0.233. The molecule has 0 aliphatic rings. The van der Waals surface area contributed by atoms with Gasteiger partial charge in [-0.1, -0.05) is 0 Å². The van der Waals surface area contributed by atoms with Gasteiger partial charge in [-0.2, -0.15) is 5.26 Å². The van der Waals surface area contributed by atoms with Gasteiger partial charge >= 0.3 is 0 Å². The maximum Gasteiger partial charge on any atom is 0.226 e. The van der Waals surface area contributed by atoms with Gasteiger partial charge in [0.25, 0.3) is 0 Å². The maximum absolute atomic E-state index is 8.72. The molecular formula is C14H14N2O3. The third-order valence-corrected chi connectivity index (χ3v) is 2.74. The lowest BCUT2D eigenvalue weighted by Gasteiger charge is -2.06. The molecule has 0 unspecified atom stereocenters.